The monoisotopic (exact) mass is 283 g/mol. The van der Waals surface area contributed by atoms with Gasteiger partial charge in [0, 0.05) is 15.1 Å². The standard InChI is InChI=1S/C10H10BrN3S/c11-9-2-1-3-10(6-9)15-5-4-14-8-12-7-13-14/h1-3,6-8H,4-5H2. The number of nitrogens with zero attached hydrogens (tertiary/aromatic N) is 3. The van der Waals surface area contributed by atoms with Crippen LogP contribution in [0, 0.1) is 0 Å². The van der Waals surface area contributed by atoms with Crippen molar-refractivity contribution in [1.82, 2.24) is 14.8 Å². The molecule has 3 nitrogen and oxygen atoms in total. The quantitative estimate of drug-likeness (QED) is 0.809. The van der Waals surface area contributed by atoms with Gasteiger partial charge in [-0.1, -0.05) is 22.0 Å². The number of benzene rings is 1. The van der Waals surface area contributed by atoms with E-state index in [0.29, 0.717) is 0 Å². The zero-order valence-electron chi connectivity index (χ0n) is 8.01. The predicted molar refractivity (Wildman–Crippen MR) is 64.9 cm³/mol. The number of halogens is 1. The van der Waals surface area contributed by atoms with Crippen molar-refractivity contribution in [2.24, 2.45) is 0 Å². The topological polar surface area (TPSA) is 30.7 Å². The molecule has 0 spiro atoms. The Morgan fingerprint density at radius 2 is 2.33 bits per heavy atom. The molecular weight excluding hydrogens is 274 g/mol. The maximum Gasteiger partial charge on any atom is 0.137 e. The van der Waals surface area contributed by atoms with Gasteiger partial charge >= 0.3 is 0 Å². The lowest BCUT2D eigenvalue weighted by Gasteiger charge is -2.01. The predicted octanol–water partition coefficient (Wildman–Crippen LogP) is 2.83. The van der Waals surface area contributed by atoms with Crippen molar-refractivity contribution in [2.75, 3.05) is 5.75 Å². The Morgan fingerprint density at radius 1 is 1.40 bits per heavy atom. The molecule has 0 aliphatic heterocycles. The van der Waals surface area contributed by atoms with Crippen LogP contribution in [0.3, 0.4) is 0 Å². The summed E-state index contributed by atoms with van der Waals surface area (Å²) in [7, 11) is 0. The lowest BCUT2D eigenvalue weighted by atomic mass is 10.4. The van der Waals surface area contributed by atoms with Crippen LogP contribution in [-0.4, -0.2) is 20.5 Å². The highest BCUT2D eigenvalue weighted by molar-refractivity contribution is 9.10. The van der Waals surface area contributed by atoms with Crippen LogP contribution >= 0.6 is 27.7 Å². The lowest BCUT2D eigenvalue weighted by Crippen LogP contribution is -2.00. The minimum Gasteiger partial charge on any atom is -0.252 e. The maximum atomic E-state index is 4.05. The number of hydrogen-bond acceptors (Lipinski definition) is 3. The second kappa shape index (κ2) is 5.32. The number of aromatic nitrogens is 3. The summed E-state index contributed by atoms with van der Waals surface area (Å²) >= 11 is 5.27. The Balaban J connectivity index is 1.83. The van der Waals surface area contributed by atoms with Crippen molar-refractivity contribution in [3.63, 3.8) is 0 Å². The van der Waals surface area contributed by atoms with Crippen LogP contribution in [0.2, 0.25) is 0 Å². The molecule has 2 rings (SSSR count). The van der Waals surface area contributed by atoms with E-state index in [2.05, 4.69) is 38.1 Å². The lowest BCUT2D eigenvalue weighted by molar-refractivity contribution is 0.664. The van der Waals surface area contributed by atoms with Gasteiger partial charge < -0.3 is 0 Å². The fourth-order valence-corrected chi connectivity index (χ4v) is 2.61. The van der Waals surface area contributed by atoms with E-state index < -0.39 is 0 Å². The van der Waals surface area contributed by atoms with Crippen molar-refractivity contribution >= 4 is 27.7 Å². The molecule has 1 aromatic heterocycles. The Kier molecular flexibility index (Phi) is 3.80. The van der Waals surface area contributed by atoms with E-state index in [0.717, 1.165) is 16.8 Å². The molecule has 0 N–H and O–H groups in total. The molecule has 5 heteroatoms. The smallest absolute Gasteiger partial charge is 0.137 e. The third-order valence-electron chi connectivity index (χ3n) is 1.85. The summed E-state index contributed by atoms with van der Waals surface area (Å²) in [4.78, 5) is 5.17. The minimum absolute atomic E-state index is 0.886. The Hall–Kier alpha value is -0.810. The molecule has 0 aliphatic rings. The molecule has 0 bridgehead atoms. The summed E-state index contributed by atoms with van der Waals surface area (Å²) in [5.74, 6) is 1.000. The van der Waals surface area contributed by atoms with Crippen LogP contribution in [0.4, 0.5) is 0 Å². The minimum atomic E-state index is 0.886. The number of thioether (sulfide) groups is 1. The summed E-state index contributed by atoms with van der Waals surface area (Å²) < 4.78 is 2.96. The van der Waals surface area contributed by atoms with Gasteiger partial charge in [0.25, 0.3) is 0 Å². The van der Waals surface area contributed by atoms with Gasteiger partial charge in [-0.2, -0.15) is 5.10 Å². The zero-order valence-corrected chi connectivity index (χ0v) is 10.4. The molecule has 0 fully saturated rings. The van der Waals surface area contributed by atoms with Gasteiger partial charge in [-0.25, -0.2) is 4.98 Å². The summed E-state index contributed by atoms with van der Waals surface area (Å²) in [5.41, 5.74) is 0. The average Bonchev–Trinajstić information content (AvgIpc) is 2.71. The van der Waals surface area contributed by atoms with E-state index in [-0.39, 0.29) is 0 Å². The first kappa shape index (κ1) is 10.7. The molecule has 1 heterocycles. The van der Waals surface area contributed by atoms with Crippen LogP contribution < -0.4 is 0 Å². The van der Waals surface area contributed by atoms with Crippen LogP contribution in [0.5, 0.6) is 0 Å². The molecule has 0 saturated heterocycles. The number of hydrogen-bond donors (Lipinski definition) is 0. The van der Waals surface area contributed by atoms with Gasteiger partial charge in [0.15, 0.2) is 0 Å². The third-order valence-corrected chi connectivity index (χ3v) is 3.32. The van der Waals surface area contributed by atoms with Crippen LogP contribution in [0.1, 0.15) is 0 Å². The molecule has 15 heavy (non-hydrogen) atoms. The van der Waals surface area contributed by atoms with Gasteiger partial charge in [-0.05, 0) is 18.2 Å². The van der Waals surface area contributed by atoms with Crippen LogP contribution in [-0.2, 0) is 6.54 Å². The molecule has 0 saturated carbocycles. The summed E-state index contributed by atoms with van der Waals surface area (Å²) in [6.45, 7) is 0.886. The van der Waals surface area contributed by atoms with Crippen molar-refractivity contribution in [1.29, 1.82) is 0 Å². The second-order valence-electron chi connectivity index (χ2n) is 2.96. The molecule has 0 radical (unpaired) electrons. The van der Waals surface area contributed by atoms with E-state index in [1.54, 1.807) is 12.7 Å². The highest BCUT2D eigenvalue weighted by Gasteiger charge is 1.96. The normalized spacial score (nSPS) is 10.5. The van der Waals surface area contributed by atoms with E-state index >= 15 is 0 Å². The van der Waals surface area contributed by atoms with Gasteiger partial charge in [0.2, 0.25) is 0 Å². The first-order valence-corrected chi connectivity index (χ1v) is 6.33. The van der Waals surface area contributed by atoms with Gasteiger partial charge in [0.1, 0.15) is 12.7 Å². The first-order valence-electron chi connectivity index (χ1n) is 4.55. The summed E-state index contributed by atoms with van der Waals surface area (Å²) in [5, 5.41) is 4.05. The van der Waals surface area contributed by atoms with Crippen molar-refractivity contribution in [2.45, 2.75) is 11.4 Å². The van der Waals surface area contributed by atoms with Gasteiger partial charge in [-0.15, -0.1) is 11.8 Å². The molecule has 1 aromatic carbocycles. The Labute approximate surface area is 101 Å². The fraction of sp³-hybridized carbons (Fsp3) is 0.200. The van der Waals surface area contributed by atoms with Crippen LogP contribution in [0.15, 0.2) is 46.3 Å². The van der Waals surface area contributed by atoms with Crippen LogP contribution in [0.25, 0.3) is 0 Å². The largest absolute Gasteiger partial charge is 0.252 e. The van der Waals surface area contributed by atoms with E-state index in [9.17, 15) is 0 Å². The molecule has 0 unspecified atom stereocenters. The molecule has 2 aromatic rings. The number of aryl methyl sites for hydroxylation is 1. The zero-order chi connectivity index (χ0) is 10.5. The van der Waals surface area contributed by atoms with Crippen molar-refractivity contribution in [3.05, 3.63) is 41.4 Å². The highest BCUT2D eigenvalue weighted by Crippen LogP contribution is 2.21. The molecule has 0 aliphatic carbocycles. The first-order chi connectivity index (χ1) is 7.34. The van der Waals surface area contributed by atoms with E-state index in [1.807, 2.05) is 28.6 Å². The van der Waals surface area contributed by atoms with E-state index in [4.69, 9.17) is 0 Å². The average molecular weight is 284 g/mol. The second-order valence-corrected chi connectivity index (χ2v) is 5.05. The molecular formula is C10H10BrN3S. The fourth-order valence-electron chi connectivity index (χ4n) is 1.16. The number of rotatable bonds is 4. The molecule has 78 valence electrons. The molecule has 0 atom stereocenters. The summed E-state index contributed by atoms with van der Waals surface area (Å²) in [6, 6.07) is 8.30. The van der Waals surface area contributed by atoms with Gasteiger partial charge in [-0.3, -0.25) is 4.68 Å². The van der Waals surface area contributed by atoms with Gasteiger partial charge in [0.05, 0.1) is 6.54 Å². The SMILES string of the molecule is Brc1cccc(SCCn2cncn2)c1. The highest BCUT2D eigenvalue weighted by atomic mass is 79.9. The third kappa shape index (κ3) is 3.35. The molecule has 0 amide bonds. The van der Waals surface area contributed by atoms with Crippen molar-refractivity contribution in [3.8, 4) is 0 Å². The summed E-state index contributed by atoms with van der Waals surface area (Å²) in [6.07, 6.45) is 3.30. The van der Waals surface area contributed by atoms with Crippen molar-refractivity contribution < 1.29 is 0 Å². The Morgan fingerprint density at radius 3 is 3.07 bits per heavy atom. The maximum absolute atomic E-state index is 4.05. The van der Waals surface area contributed by atoms with E-state index in [1.165, 1.54) is 4.90 Å². The Bertz CT molecular complexity index is 416.